The maximum Gasteiger partial charge on any atom is 0.257 e. The van der Waals surface area contributed by atoms with Gasteiger partial charge in [-0.25, -0.2) is 0 Å². The summed E-state index contributed by atoms with van der Waals surface area (Å²) >= 11 is 0. The molecule has 1 fully saturated rings. The molecule has 1 aromatic heterocycles. The molecule has 0 aliphatic carbocycles. The monoisotopic (exact) mass is 278 g/mol. The summed E-state index contributed by atoms with van der Waals surface area (Å²) in [7, 11) is 0. The summed E-state index contributed by atoms with van der Waals surface area (Å²) in [5.41, 5.74) is 5.53. The molecule has 0 atom stereocenters. The summed E-state index contributed by atoms with van der Waals surface area (Å²) in [6, 6.07) is 1.50. The average molecular weight is 278 g/mol. The van der Waals surface area contributed by atoms with Crippen molar-refractivity contribution >= 4 is 11.7 Å². The van der Waals surface area contributed by atoms with Gasteiger partial charge in [0.2, 0.25) is 0 Å². The number of rotatable bonds is 2. The number of carbonyl (C=O) groups is 1. The third-order valence-corrected chi connectivity index (χ3v) is 3.91. The van der Waals surface area contributed by atoms with E-state index >= 15 is 0 Å². The second-order valence-electron chi connectivity index (χ2n) is 5.23. The van der Waals surface area contributed by atoms with Crippen molar-refractivity contribution in [2.24, 2.45) is 16.3 Å². The standard InChI is InChI=1S/C13H18N4O3/c1-13(12(14)16-20)3-6-17(7-4-13)11(19)9-2-5-15-8-10(9)18/h2,5,8,18,20H,3-4,6-7H2,1H3,(H2,14,16). The molecule has 1 aliphatic heterocycles. The largest absolute Gasteiger partial charge is 0.505 e. The van der Waals surface area contributed by atoms with Gasteiger partial charge in [-0.2, -0.15) is 0 Å². The van der Waals surface area contributed by atoms with Crippen LogP contribution in [-0.2, 0) is 0 Å². The van der Waals surface area contributed by atoms with Crippen molar-refractivity contribution in [1.82, 2.24) is 9.88 Å². The molecule has 108 valence electrons. The van der Waals surface area contributed by atoms with Crippen molar-refractivity contribution in [3.05, 3.63) is 24.0 Å². The lowest BCUT2D eigenvalue weighted by molar-refractivity contribution is 0.0663. The van der Waals surface area contributed by atoms with Crippen molar-refractivity contribution < 1.29 is 15.1 Å². The fourth-order valence-corrected chi connectivity index (χ4v) is 2.32. The summed E-state index contributed by atoms with van der Waals surface area (Å²) in [5, 5.41) is 21.5. The van der Waals surface area contributed by atoms with Crippen LogP contribution in [0.4, 0.5) is 0 Å². The molecule has 2 heterocycles. The first-order valence-electron chi connectivity index (χ1n) is 6.38. The van der Waals surface area contributed by atoms with E-state index in [1.54, 1.807) is 4.90 Å². The Morgan fingerprint density at radius 2 is 2.15 bits per heavy atom. The Morgan fingerprint density at radius 3 is 2.70 bits per heavy atom. The zero-order valence-corrected chi connectivity index (χ0v) is 11.3. The van der Waals surface area contributed by atoms with E-state index in [-0.39, 0.29) is 23.1 Å². The van der Waals surface area contributed by atoms with Crippen LogP contribution in [0.3, 0.4) is 0 Å². The molecule has 1 saturated heterocycles. The van der Waals surface area contributed by atoms with E-state index in [1.165, 1.54) is 18.5 Å². The van der Waals surface area contributed by atoms with E-state index < -0.39 is 5.41 Å². The molecule has 1 amide bonds. The number of amidine groups is 1. The Bertz CT molecular complexity index is 536. The number of pyridine rings is 1. The van der Waals surface area contributed by atoms with Gasteiger partial charge in [-0.05, 0) is 18.9 Å². The van der Waals surface area contributed by atoms with Gasteiger partial charge in [-0.1, -0.05) is 12.1 Å². The number of aromatic nitrogens is 1. The van der Waals surface area contributed by atoms with E-state index in [0.29, 0.717) is 25.9 Å². The summed E-state index contributed by atoms with van der Waals surface area (Å²) in [4.78, 5) is 17.7. The first-order valence-corrected chi connectivity index (χ1v) is 6.38. The number of hydrogen-bond donors (Lipinski definition) is 3. The van der Waals surface area contributed by atoms with Crippen LogP contribution < -0.4 is 5.73 Å². The van der Waals surface area contributed by atoms with Gasteiger partial charge in [-0.15, -0.1) is 0 Å². The predicted molar refractivity (Wildman–Crippen MR) is 72.6 cm³/mol. The SMILES string of the molecule is CC1(/C(N)=N/O)CCN(C(=O)c2ccncc2O)CC1. The number of likely N-dealkylation sites (tertiary alicyclic amines) is 1. The minimum absolute atomic E-state index is 0.123. The maximum atomic E-state index is 12.3. The molecule has 20 heavy (non-hydrogen) atoms. The molecular formula is C13H18N4O3. The molecule has 4 N–H and O–H groups in total. The number of nitrogens with zero attached hydrogens (tertiary/aromatic N) is 3. The highest BCUT2D eigenvalue weighted by atomic mass is 16.4. The number of amides is 1. The van der Waals surface area contributed by atoms with Crippen molar-refractivity contribution in [1.29, 1.82) is 0 Å². The Kier molecular flexibility index (Phi) is 3.78. The van der Waals surface area contributed by atoms with E-state index in [9.17, 15) is 9.90 Å². The number of piperidine rings is 1. The van der Waals surface area contributed by atoms with Crippen LogP contribution >= 0.6 is 0 Å². The lowest BCUT2D eigenvalue weighted by Gasteiger charge is -2.38. The van der Waals surface area contributed by atoms with Gasteiger partial charge in [0.05, 0.1) is 11.8 Å². The fourth-order valence-electron chi connectivity index (χ4n) is 2.32. The van der Waals surface area contributed by atoms with Crippen molar-refractivity contribution in [2.75, 3.05) is 13.1 Å². The molecule has 0 spiro atoms. The van der Waals surface area contributed by atoms with Crippen LogP contribution in [0.5, 0.6) is 5.75 Å². The molecule has 0 aromatic carbocycles. The van der Waals surface area contributed by atoms with Gasteiger partial charge in [0.15, 0.2) is 0 Å². The highest BCUT2D eigenvalue weighted by Crippen LogP contribution is 2.32. The number of aromatic hydroxyl groups is 1. The van der Waals surface area contributed by atoms with Crippen LogP contribution in [0, 0.1) is 5.41 Å². The molecule has 1 aromatic rings. The Balaban J connectivity index is 2.08. The number of oxime groups is 1. The van der Waals surface area contributed by atoms with E-state index in [2.05, 4.69) is 10.1 Å². The average Bonchev–Trinajstić information content (AvgIpc) is 2.47. The van der Waals surface area contributed by atoms with Gasteiger partial charge in [0.1, 0.15) is 11.6 Å². The predicted octanol–water partition coefficient (Wildman–Crippen LogP) is 0.776. The van der Waals surface area contributed by atoms with Crippen molar-refractivity contribution in [3.63, 3.8) is 0 Å². The second kappa shape index (κ2) is 5.36. The third kappa shape index (κ3) is 2.52. The molecule has 1 aliphatic rings. The topological polar surface area (TPSA) is 112 Å². The number of carbonyl (C=O) groups excluding carboxylic acids is 1. The Morgan fingerprint density at radius 1 is 1.50 bits per heavy atom. The van der Waals surface area contributed by atoms with E-state index in [4.69, 9.17) is 10.9 Å². The van der Waals surface area contributed by atoms with Gasteiger partial charge in [0, 0.05) is 24.7 Å². The fraction of sp³-hybridized carbons (Fsp3) is 0.462. The Hall–Kier alpha value is -2.31. The molecule has 7 nitrogen and oxygen atoms in total. The summed E-state index contributed by atoms with van der Waals surface area (Å²) in [6.45, 7) is 2.90. The van der Waals surface area contributed by atoms with Crippen molar-refractivity contribution in [3.8, 4) is 5.75 Å². The van der Waals surface area contributed by atoms with Crippen LogP contribution in [0.25, 0.3) is 0 Å². The number of nitrogens with two attached hydrogens (primary N) is 1. The summed E-state index contributed by atoms with van der Waals surface area (Å²) in [5.74, 6) is -0.162. The van der Waals surface area contributed by atoms with Crippen LogP contribution in [0.2, 0.25) is 0 Å². The highest BCUT2D eigenvalue weighted by molar-refractivity contribution is 5.97. The van der Waals surface area contributed by atoms with Gasteiger partial charge >= 0.3 is 0 Å². The Labute approximate surface area is 116 Å². The lowest BCUT2D eigenvalue weighted by Crippen LogP contribution is -2.47. The first-order chi connectivity index (χ1) is 9.48. The minimum Gasteiger partial charge on any atom is -0.505 e. The summed E-state index contributed by atoms with van der Waals surface area (Å²) in [6.07, 6.45) is 3.94. The minimum atomic E-state index is -0.397. The molecule has 0 bridgehead atoms. The zero-order valence-electron chi connectivity index (χ0n) is 11.3. The second-order valence-corrected chi connectivity index (χ2v) is 5.23. The quantitative estimate of drug-likeness (QED) is 0.320. The molecule has 0 unspecified atom stereocenters. The summed E-state index contributed by atoms with van der Waals surface area (Å²) < 4.78 is 0. The van der Waals surface area contributed by atoms with Gasteiger partial charge in [-0.3, -0.25) is 9.78 Å². The highest BCUT2D eigenvalue weighted by Gasteiger charge is 2.36. The third-order valence-electron chi connectivity index (χ3n) is 3.91. The first kappa shape index (κ1) is 14.1. The van der Waals surface area contributed by atoms with Crippen LogP contribution in [-0.4, -0.2) is 45.0 Å². The molecule has 0 radical (unpaired) electrons. The zero-order chi connectivity index (χ0) is 14.8. The van der Waals surface area contributed by atoms with Gasteiger partial charge in [0.25, 0.3) is 5.91 Å². The van der Waals surface area contributed by atoms with Crippen molar-refractivity contribution in [2.45, 2.75) is 19.8 Å². The molecular weight excluding hydrogens is 260 g/mol. The van der Waals surface area contributed by atoms with Crippen LogP contribution in [0.15, 0.2) is 23.6 Å². The molecule has 0 saturated carbocycles. The smallest absolute Gasteiger partial charge is 0.257 e. The number of hydrogen-bond acceptors (Lipinski definition) is 5. The van der Waals surface area contributed by atoms with E-state index in [0.717, 1.165) is 0 Å². The van der Waals surface area contributed by atoms with Crippen LogP contribution in [0.1, 0.15) is 30.1 Å². The lowest BCUT2D eigenvalue weighted by atomic mass is 9.79. The normalized spacial score (nSPS) is 18.9. The van der Waals surface area contributed by atoms with E-state index in [1.807, 2.05) is 6.92 Å². The van der Waals surface area contributed by atoms with Gasteiger partial charge < -0.3 is 20.9 Å². The molecule has 2 rings (SSSR count). The maximum absolute atomic E-state index is 12.3. The molecule has 7 heteroatoms.